The Kier molecular flexibility index (Phi) is 4.71. The van der Waals surface area contributed by atoms with Crippen LogP contribution in [0.3, 0.4) is 0 Å². The van der Waals surface area contributed by atoms with Gasteiger partial charge >= 0.3 is 0 Å². The van der Waals surface area contributed by atoms with Crippen molar-refractivity contribution >= 4 is 23.2 Å². The lowest BCUT2D eigenvalue weighted by atomic mass is 10.2. The highest BCUT2D eigenvalue weighted by atomic mass is 32.1. The van der Waals surface area contributed by atoms with Gasteiger partial charge in [0.05, 0.1) is 4.88 Å². The average Bonchev–Trinajstić information content (AvgIpc) is 3.24. The molecule has 0 aliphatic carbocycles. The molecule has 1 atom stereocenters. The fourth-order valence-electron chi connectivity index (χ4n) is 2.73. The van der Waals surface area contributed by atoms with Crippen molar-refractivity contribution in [3.63, 3.8) is 0 Å². The van der Waals surface area contributed by atoms with Gasteiger partial charge in [0.1, 0.15) is 11.9 Å². The van der Waals surface area contributed by atoms with Crippen LogP contribution in [0.4, 0.5) is 4.39 Å². The number of benzene rings is 1. The van der Waals surface area contributed by atoms with Crippen molar-refractivity contribution in [1.82, 2.24) is 10.2 Å². The second kappa shape index (κ2) is 6.91. The normalized spacial score (nSPS) is 17.3. The number of amides is 2. The second-order valence-corrected chi connectivity index (χ2v) is 6.43. The summed E-state index contributed by atoms with van der Waals surface area (Å²) in [5, 5.41) is 4.69. The van der Waals surface area contributed by atoms with Crippen molar-refractivity contribution in [1.29, 1.82) is 0 Å². The molecule has 2 heterocycles. The van der Waals surface area contributed by atoms with Crippen LogP contribution in [0.15, 0.2) is 41.8 Å². The molecular weight excluding hydrogens is 315 g/mol. The molecule has 6 heteroatoms. The minimum atomic E-state index is -0.426. The number of hydrogen-bond acceptors (Lipinski definition) is 3. The van der Waals surface area contributed by atoms with E-state index < -0.39 is 6.04 Å². The number of hydrogen-bond donors (Lipinski definition) is 1. The van der Waals surface area contributed by atoms with E-state index in [-0.39, 0.29) is 17.6 Å². The summed E-state index contributed by atoms with van der Waals surface area (Å²) in [6, 6.07) is 9.19. The van der Waals surface area contributed by atoms with E-state index in [1.54, 1.807) is 23.1 Å². The maximum atomic E-state index is 12.9. The summed E-state index contributed by atoms with van der Waals surface area (Å²) in [5.74, 6) is -0.542. The molecule has 1 aromatic heterocycles. The van der Waals surface area contributed by atoms with Crippen molar-refractivity contribution in [2.45, 2.75) is 25.4 Å². The van der Waals surface area contributed by atoms with Crippen LogP contribution in [-0.4, -0.2) is 29.3 Å². The highest BCUT2D eigenvalue weighted by Crippen LogP contribution is 2.22. The number of nitrogens with zero attached hydrogens (tertiary/aromatic N) is 1. The Bertz CT molecular complexity index is 685. The summed E-state index contributed by atoms with van der Waals surface area (Å²) in [5.41, 5.74) is 0.828. The van der Waals surface area contributed by atoms with E-state index in [1.807, 2.05) is 11.4 Å². The van der Waals surface area contributed by atoms with Crippen molar-refractivity contribution in [2.24, 2.45) is 0 Å². The predicted molar refractivity (Wildman–Crippen MR) is 86.6 cm³/mol. The smallest absolute Gasteiger partial charge is 0.264 e. The van der Waals surface area contributed by atoms with Crippen LogP contribution >= 0.6 is 11.3 Å². The van der Waals surface area contributed by atoms with Gasteiger partial charge in [0, 0.05) is 13.1 Å². The molecule has 0 spiro atoms. The van der Waals surface area contributed by atoms with E-state index in [4.69, 9.17) is 0 Å². The van der Waals surface area contributed by atoms with Gasteiger partial charge in [0.25, 0.3) is 5.91 Å². The largest absolute Gasteiger partial charge is 0.350 e. The Hall–Kier alpha value is -2.21. The number of thiophene rings is 1. The Labute approximate surface area is 137 Å². The lowest BCUT2D eigenvalue weighted by molar-refractivity contribution is -0.125. The van der Waals surface area contributed by atoms with Crippen LogP contribution in [0.2, 0.25) is 0 Å². The predicted octanol–water partition coefficient (Wildman–Crippen LogP) is 2.81. The number of carbonyl (C=O) groups is 2. The van der Waals surface area contributed by atoms with Crippen LogP contribution in [0.5, 0.6) is 0 Å². The lowest BCUT2D eigenvalue weighted by Crippen LogP contribution is -2.45. The molecule has 2 amide bonds. The molecule has 1 fully saturated rings. The second-order valence-electron chi connectivity index (χ2n) is 5.48. The summed E-state index contributed by atoms with van der Waals surface area (Å²) < 4.78 is 12.9. The maximum Gasteiger partial charge on any atom is 0.264 e. The van der Waals surface area contributed by atoms with Crippen LogP contribution in [0.25, 0.3) is 0 Å². The first kappa shape index (κ1) is 15.7. The third-order valence-corrected chi connectivity index (χ3v) is 4.79. The summed E-state index contributed by atoms with van der Waals surface area (Å²) in [6.45, 7) is 0.933. The zero-order valence-electron chi connectivity index (χ0n) is 12.5. The van der Waals surface area contributed by atoms with Gasteiger partial charge in [-0.1, -0.05) is 18.2 Å². The number of rotatable bonds is 4. The quantitative estimate of drug-likeness (QED) is 0.936. The molecule has 23 heavy (non-hydrogen) atoms. The van der Waals surface area contributed by atoms with Gasteiger partial charge in [-0.2, -0.15) is 0 Å². The zero-order chi connectivity index (χ0) is 16.2. The number of likely N-dealkylation sites (tertiary alicyclic amines) is 1. The van der Waals surface area contributed by atoms with Crippen LogP contribution in [0.1, 0.15) is 28.1 Å². The molecule has 0 bridgehead atoms. The molecule has 120 valence electrons. The standard InChI is InChI=1S/C17H17FN2O2S/c18-13-7-5-12(6-8-13)11-19-16(21)14-3-1-9-20(14)17(22)15-4-2-10-23-15/h2,4-8,10,14H,1,3,9,11H2,(H,19,21)/t14-/m1/s1. The molecule has 1 saturated heterocycles. The van der Waals surface area contributed by atoms with Crippen molar-refractivity contribution in [3.05, 3.63) is 58.0 Å². The summed E-state index contributed by atoms with van der Waals surface area (Å²) >= 11 is 1.38. The Morgan fingerprint density at radius 2 is 2.04 bits per heavy atom. The molecular formula is C17H17FN2O2S. The van der Waals surface area contributed by atoms with E-state index in [1.165, 1.54) is 23.5 Å². The molecule has 4 nitrogen and oxygen atoms in total. The van der Waals surface area contributed by atoms with Crippen LogP contribution in [0, 0.1) is 5.82 Å². The van der Waals surface area contributed by atoms with E-state index in [2.05, 4.69) is 5.32 Å². The highest BCUT2D eigenvalue weighted by molar-refractivity contribution is 7.12. The first-order valence-corrected chi connectivity index (χ1v) is 8.40. The van der Waals surface area contributed by atoms with E-state index in [0.29, 0.717) is 24.4 Å². The third-order valence-electron chi connectivity index (χ3n) is 3.93. The Morgan fingerprint density at radius 1 is 1.26 bits per heavy atom. The number of carbonyl (C=O) groups excluding carboxylic acids is 2. The molecule has 0 unspecified atom stereocenters. The molecule has 1 aromatic carbocycles. The van der Waals surface area contributed by atoms with Crippen LogP contribution < -0.4 is 5.32 Å². The first-order chi connectivity index (χ1) is 11.1. The Balaban J connectivity index is 1.61. The molecule has 1 N–H and O–H groups in total. The maximum absolute atomic E-state index is 12.9. The molecule has 2 aromatic rings. The van der Waals surface area contributed by atoms with Gasteiger partial charge in [-0.25, -0.2) is 4.39 Å². The van der Waals surface area contributed by atoms with E-state index in [9.17, 15) is 14.0 Å². The zero-order valence-corrected chi connectivity index (χ0v) is 13.3. The van der Waals surface area contributed by atoms with Gasteiger partial charge in [0.15, 0.2) is 0 Å². The molecule has 1 aliphatic heterocycles. The molecule has 0 radical (unpaired) electrons. The van der Waals surface area contributed by atoms with Gasteiger partial charge in [0.2, 0.25) is 5.91 Å². The van der Waals surface area contributed by atoms with Crippen LogP contribution in [-0.2, 0) is 11.3 Å². The fraction of sp³-hybridized carbons (Fsp3) is 0.294. The minimum Gasteiger partial charge on any atom is -0.350 e. The first-order valence-electron chi connectivity index (χ1n) is 7.52. The van der Waals surface area contributed by atoms with E-state index >= 15 is 0 Å². The van der Waals surface area contributed by atoms with Crippen molar-refractivity contribution < 1.29 is 14.0 Å². The number of nitrogens with one attached hydrogen (secondary N) is 1. The number of halogens is 1. The highest BCUT2D eigenvalue weighted by Gasteiger charge is 2.34. The van der Waals surface area contributed by atoms with Gasteiger partial charge in [-0.15, -0.1) is 11.3 Å². The molecule has 1 aliphatic rings. The molecule has 0 saturated carbocycles. The lowest BCUT2D eigenvalue weighted by Gasteiger charge is -2.23. The Morgan fingerprint density at radius 3 is 2.74 bits per heavy atom. The summed E-state index contributed by atoms with van der Waals surface area (Å²) in [4.78, 5) is 27.1. The van der Waals surface area contributed by atoms with Crippen molar-refractivity contribution in [2.75, 3.05) is 6.54 Å². The van der Waals surface area contributed by atoms with Crippen molar-refractivity contribution in [3.8, 4) is 0 Å². The van der Waals surface area contributed by atoms with Gasteiger partial charge < -0.3 is 10.2 Å². The minimum absolute atomic E-state index is 0.0839. The van der Waals surface area contributed by atoms with Gasteiger partial charge in [-0.3, -0.25) is 9.59 Å². The molecule has 3 rings (SSSR count). The summed E-state index contributed by atoms with van der Waals surface area (Å²) in [7, 11) is 0. The SMILES string of the molecule is O=C(NCc1ccc(F)cc1)[C@H]1CCCN1C(=O)c1cccs1. The van der Waals surface area contributed by atoms with E-state index in [0.717, 1.165) is 12.0 Å². The fourth-order valence-corrected chi connectivity index (χ4v) is 3.41. The van der Waals surface area contributed by atoms with Gasteiger partial charge in [-0.05, 0) is 42.0 Å². The third kappa shape index (κ3) is 3.59. The summed E-state index contributed by atoms with van der Waals surface area (Å²) in [6.07, 6.45) is 1.50. The topological polar surface area (TPSA) is 49.4 Å². The average molecular weight is 332 g/mol. The monoisotopic (exact) mass is 332 g/mol.